The van der Waals surface area contributed by atoms with Crippen molar-refractivity contribution in [3.63, 3.8) is 0 Å². The average Bonchev–Trinajstić information content (AvgIpc) is 2.39. The first-order valence-corrected chi connectivity index (χ1v) is 6.04. The SMILES string of the molecule is C=CCNC(=O)C(=O)N/N=C\c1cc(Br)ccc1O. The van der Waals surface area contributed by atoms with Gasteiger partial charge in [-0.05, 0) is 18.2 Å². The molecule has 0 radical (unpaired) electrons. The molecule has 1 rings (SSSR count). The van der Waals surface area contributed by atoms with Crippen molar-refractivity contribution in [2.75, 3.05) is 6.54 Å². The Morgan fingerprint density at radius 2 is 2.16 bits per heavy atom. The molecule has 0 fully saturated rings. The molecule has 100 valence electrons. The summed E-state index contributed by atoms with van der Waals surface area (Å²) in [6.07, 6.45) is 2.69. The van der Waals surface area contributed by atoms with Crippen molar-refractivity contribution in [2.24, 2.45) is 5.10 Å². The smallest absolute Gasteiger partial charge is 0.329 e. The van der Waals surface area contributed by atoms with Gasteiger partial charge in [0, 0.05) is 16.6 Å². The van der Waals surface area contributed by atoms with Crippen molar-refractivity contribution in [2.45, 2.75) is 0 Å². The fourth-order valence-corrected chi connectivity index (χ4v) is 1.46. The topological polar surface area (TPSA) is 90.8 Å². The standard InChI is InChI=1S/C12H12BrN3O3/c1-2-5-14-11(18)12(19)16-15-7-8-6-9(13)3-4-10(8)17/h2-4,6-7,17H,1,5H2,(H,14,18)(H,16,19)/b15-7-. The van der Waals surface area contributed by atoms with Gasteiger partial charge in [0.05, 0.1) is 6.21 Å². The van der Waals surface area contributed by atoms with Crippen LogP contribution in [0.1, 0.15) is 5.56 Å². The van der Waals surface area contributed by atoms with Gasteiger partial charge in [0.25, 0.3) is 0 Å². The summed E-state index contributed by atoms with van der Waals surface area (Å²) in [5.74, 6) is -1.69. The minimum atomic E-state index is -0.896. The normalized spacial score (nSPS) is 10.2. The molecule has 3 N–H and O–H groups in total. The molecule has 0 bridgehead atoms. The Morgan fingerprint density at radius 1 is 1.42 bits per heavy atom. The summed E-state index contributed by atoms with van der Waals surface area (Å²) in [4.78, 5) is 22.4. The molecule has 6 nitrogen and oxygen atoms in total. The van der Waals surface area contributed by atoms with E-state index in [9.17, 15) is 14.7 Å². The zero-order chi connectivity index (χ0) is 14.3. The maximum atomic E-state index is 11.2. The maximum Gasteiger partial charge on any atom is 0.329 e. The van der Waals surface area contributed by atoms with E-state index in [-0.39, 0.29) is 12.3 Å². The highest BCUT2D eigenvalue weighted by atomic mass is 79.9. The van der Waals surface area contributed by atoms with E-state index in [0.29, 0.717) is 5.56 Å². The Bertz CT molecular complexity index is 529. The molecule has 0 heterocycles. The molecule has 0 saturated heterocycles. The number of hydrazone groups is 1. The third-order valence-corrected chi connectivity index (χ3v) is 2.47. The van der Waals surface area contributed by atoms with Crippen LogP contribution in [-0.4, -0.2) is 29.7 Å². The van der Waals surface area contributed by atoms with E-state index in [4.69, 9.17) is 0 Å². The van der Waals surface area contributed by atoms with Gasteiger partial charge < -0.3 is 10.4 Å². The van der Waals surface area contributed by atoms with E-state index < -0.39 is 11.8 Å². The van der Waals surface area contributed by atoms with Crippen molar-refractivity contribution in [3.8, 4) is 5.75 Å². The van der Waals surface area contributed by atoms with Crippen LogP contribution in [0.4, 0.5) is 0 Å². The number of halogens is 1. The summed E-state index contributed by atoms with van der Waals surface area (Å²) in [5, 5.41) is 15.4. The van der Waals surface area contributed by atoms with Gasteiger partial charge in [0.15, 0.2) is 0 Å². The van der Waals surface area contributed by atoms with Gasteiger partial charge in [-0.1, -0.05) is 22.0 Å². The molecule has 0 aliphatic carbocycles. The maximum absolute atomic E-state index is 11.2. The Hall–Kier alpha value is -2.15. The lowest BCUT2D eigenvalue weighted by atomic mass is 10.2. The van der Waals surface area contributed by atoms with E-state index in [1.165, 1.54) is 18.4 Å². The zero-order valence-corrected chi connectivity index (χ0v) is 11.5. The Morgan fingerprint density at radius 3 is 2.84 bits per heavy atom. The van der Waals surface area contributed by atoms with Crippen LogP contribution in [0.25, 0.3) is 0 Å². The Balaban J connectivity index is 2.58. The fourth-order valence-electron chi connectivity index (χ4n) is 1.09. The third kappa shape index (κ3) is 4.92. The molecule has 0 unspecified atom stereocenters. The lowest BCUT2D eigenvalue weighted by Crippen LogP contribution is -2.37. The van der Waals surface area contributed by atoms with Crippen molar-refractivity contribution in [1.29, 1.82) is 0 Å². The summed E-state index contributed by atoms with van der Waals surface area (Å²) >= 11 is 3.24. The summed E-state index contributed by atoms with van der Waals surface area (Å²) in [7, 11) is 0. The lowest BCUT2D eigenvalue weighted by molar-refractivity contribution is -0.139. The number of rotatable bonds is 4. The van der Waals surface area contributed by atoms with Crippen molar-refractivity contribution >= 4 is 34.0 Å². The first-order valence-electron chi connectivity index (χ1n) is 5.25. The monoisotopic (exact) mass is 325 g/mol. The first kappa shape index (κ1) is 14.9. The van der Waals surface area contributed by atoms with Crippen molar-refractivity contribution < 1.29 is 14.7 Å². The molecule has 7 heteroatoms. The molecule has 1 aromatic rings. The van der Waals surface area contributed by atoms with Crippen molar-refractivity contribution in [3.05, 3.63) is 40.9 Å². The van der Waals surface area contributed by atoms with Gasteiger partial charge in [-0.3, -0.25) is 9.59 Å². The molecule has 0 aliphatic heterocycles. The van der Waals surface area contributed by atoms with Gasteiger partial charge in [0.1, 0.15) is 5.75 Å². The van der Waals surface area contributed by atoms with E-state index in [2.05, 4.69) is 32.9 Å². The van der Waals surface area contributed by atoms with Gasteiger partial charge in [0.2, 0.25) is 0 Å². The number of nitrogens with one attached hydrogen (secondary N) is 2. The predicted octanol–water partition coefficient (Wildman–Crippen LogP) is 0.907. The fraction of sp³-hybridized carbons (Fsp3) is 0.0833. The number of hydrogen-bond donors (Lipinski definition) is 3. The highest BCUT2D eigenvalue weighted by Crippen LogP contribution is 2.19. The van der Waals surface area contributed by atoms with E-state index in [0.717, 1.165) is 4.47 Å². The van der Waals surface area contributed by atoms with Crippen LogP contribution in [0.3, 0.4) is 0 Å². The quantitative estimate of drug-likeness (QED) is 0.332. The highest BCUT2D eigenvalue weighted by molar-refractivity contribution is 9.10. The molecular weight excluding hydrogens is 314 g/mol. The highest BCUT2D eigenvalue weighted by Gasteiger charge is 2.10. The molecule has 19 heavy (non-hydrogen) atoms. The summed E-state index contributed by atoms with van der Waals surface area (Å²) < 4.78 is 0.752. The van der Waals surface area contributed by atoms with E-state index in [1.807, 2.05) is 5.43 Å². The van der Waals surface area contributed by atoms with Crippen LogP contribution in [0, 0.1) is 0 Å². The number of benzene rings is 1. The summed E-state index contributed by atoms with van der Waals surface area (Å²) in [6, 6.07) is 4.75. The average molecular weight is 326 g/mol. The van der Waals surface area contributed by atoms with Crippen LogP contribution in [-0.2, 0) is 9.59 Å². The predicted molar refractivity (Wildman–Crippen MR) is 74.8 cm³/mol. The van der Waals surface area contributed by atoms with Gasteiger partial charge in [-0.2, -0.15) is 5.10 Å². The lowest BCUT2D eigenvalue weighted by Gasteiger charge is -2.01. The van der Waals surface area contributed by atoms with E-state index >= 15 is 0 Å². The van der Waals surface area contributed by atoms with E-state index in [1.54, 1.807) is 12.1 Å². The molecule has 0 atom stereocenters. The Kier molecular flexibility index (Phi) is 5.74. The molecule has 0 aliphatic rings. The van der Waals surface area contributed by atoms with Crippen LogP contribution >= 0.6 is 15.9 Å². The molecule has 0 aromatic heterocycles. The van der Waals surface area contributed by atoms with Crippen LogP contribution in [0.2, 0.25) is 0 Å². The number of phenols is 1. The second kappa shape index (κ2) is 7.32. The molecule has 1 aromatic carbocycles. The number of carbonyl (C=O) groups excluding carboxylic acids is 2. The zero-order valence-electron chi connectivity index (χ0n) is 9.89. The number of amides is 2. The van der Waals surface area contributed by atoms with Crippen LogP contribution in [0.5, 0.6) is 5.75 Å². The van der Waals surface area contributed by atoms with Gasteiger partial charge >= 0.3 is 11.8 Å². The molecular formula is C12H12BrN3O3. The first-order chi connectivity index (χ1) is 9.04. The summed E-state index contributed by atoms with van der Waals surface area (Å²) in [5.41, 5.74) is 2.45. The Labute approximate surface area is 118 Å². The molecule has 0 saturated carbocycles. The molecule has 0 spiro atoms. The number of hydrogen-bond acceptors (Lipinski definition) is 4. The molecule has 2 amide bonds. The minimum absolute atomic E-state index is 0.0114. The number of phenolic OH excluding ortho intramolecular Hbond substituents is 1. The second-order valence-corrected chi connectivity index (χ2v) is 4.32. The number of aromatic hydroxyl groups is 1. The van der Waals surface area contributed by atoms with Crippen LogP contribution < -0.4 is 10.7 Å². The van der Waals surface area contributed by atoms with Gasteiger partial charge in [-0.25, -0.2) is 5.43 Å². The number of carbonyl (C=O) groups is 2. The third-order valence-electron chi connectivity index (χ3n) is 1.97. The largest absolute Gasteiger partial charge is 0.507 e. The van der Waals surface area contributed by atoms with Gasteiger partial charge in [-0.15, -0.1) is 6.58 Å². The van der Waals surface area contributed by atoms with Crippen molar-refractivity contribution in [1.82, 2.24) is 10.7 Å². The summed E-state index contributed by atoms with van der Waals surface area (Å²) in [6.45, 7) is 3.60. The number of nitrogens with zero attached hydrogens (tertiary/aromatic N) is 1. The minimum Gasteiger partial charge on any atom is -0.507 e. The van der Waals surface area contributed by atoms with Crippen LogP contribution in [0.15, 0.2) is 40.4 Å². The second-order valence-electron chi connectivity index (χ2n) is 3.40.